The Morgan fingerprint density at radius 2 is 1.55 bits per heavy atom. The summed E-state index contributed by atoms with van der Waals surface area (Å²) in [4.78, 5) is 16.7. The maximum absolute atomic E-state index is 12.8. The fourth-order valence-corrected chi connectivity index (χ4v) is 15.2. The van der Waals surface area contributed by atoms with Crippen molar-refractivity contribution < 1.29 is 13.6 Å². The van der Waals surface area contributed by atoms with Gasteiger partial charge in [-0.05, 0) is 40.3 Å². The zero-order valence-electron chi connectivity index (χ0n) is 25.5. The average molecular weight is 565 g/mol. The van der Waals surface area contributed by atoms with E-state index in [9.17, 15) is 10.1 Å². The van der Waals surface area contributed by atoms with Crippen LogP contribution < -0.4 is 11.4 Å². The highest BCUT2D eigenvalue weighted by Gasteiger charge is 2.55. The second kappa shape index (κ2) is 12.8. The second-order valence-corrected chi connectivity index (χ2v) is 22.1. The Bertz CT molecular complexity index is 1010. The Morgan fingerprint density at radius 1 is 1.03 bits per heavy atom. The molecule has 4 atom stereocenters. The molecule has 1 aliphatic rings. The first kappa shape index (κ1) is 32.7. The van der Waals surface area contributed by atoms with Crippen LogP contribution in [-0.2, 0) is 13.6 Å². The van der Waals surface area contributed by atoms with E-state index >= 15 is 0 Å². The number of nitrogens with zero attached hydrogens (tertiary/aromatic N) is 3. The number of ether oxygens (including phenoxy) is 1. The highest BCUT2D eigenvalue weighted by molar-refractivity contribution is 6.77. The summed E-state index contributed by atoms with van der Waals surface area (Å²) in [5.74, 6) is -0.537. The summed E-state index contributed by atoms with van der Waals surface area (Å²) in [7, 11) is -4.47. The van der Waals surface area contributed by atoms with Gasteiger partial charge in [-0.15, -0.1) is 0 Å². The van der Waals surface area contributed by atoms with E-state index in [0.29, 0.717) is 6.61 Å². The van der Waals surface area contributed by atoms with E-state index in [2.05, 4.69) is 80.3 Å². The summed E-state index contributed by atoms with van der Waals surface area (Å²) in [5, 5.41) is 10.5. The quantitative estimate of drug-likeness (QED) is 0.253. The summed E-state index contributed by atoms with van der Waals surface area (Å²) in [5.41, 5.74) is 5.21. The highest BCUT2D eigenvalue weighted by Crippen LogP contribution is 2.50. The maximum Gasteiger partial charge on any atom is 0.351 e. The Hall–Kier alpha value is -1.52. The zero-order valence-corrected chi connectivity index (χ0v) is 27.5. The number of hydrogen-bond acceptors (Lipinski definition) is 7. The summed E-state index contributed by atoms with van der Waals surface area (Å²) < 4.78 is 22.1. The molecule has 0 radical (unpaired) electrons. The molecular weight excluding hydrogens is 513 g/mol. The monoisotopic (exact) mass is 564 g/mol. The van der Waals surface area contributed by atoms with Gasteiger partial charge in [0.1, 0.15) is 17.8 Å². The SMILES string of the molecule is CCC(C)(C)[Si](CC)(CC)OC[C@H]1O[C@@H](n2ccc(N)nc2=O)[C@@H](C#N)[C@@H]1O[Si](CC)(CC)C(C)(C)CC. The smallest absolute Gasteiger partial charge is 0.351 e. The zero-order chi connectivity index (χ0) is 28.9. The van der Waals surface area contributed by atoms with Gasteiger partial charge in [0.25, 0.3) is 0 Å². The first-order valence-electron chi connectivity index (χ1n) is 14.5. The van der Waals surface area contributed by atoms with E-state index in [1.54, 1.807) is 12.3 Å². The van der Waals surface area contributed by atoms with Crippen LogP contribution >= 0.6 is 0 Å². The van der Waals surface area contributed by atoms with Gasteiger partial charge >= 0.3 is 5.69 Å². The Balaban J connectivity index is 2.58. The summed E-state index contributed by atoms with van der Waals surface area (Å²) >= 11 is 0. The topological polar surface area (TPSA) is 112 Å². The van der Waals surface area contributed by atoms with Gasteiger partial charge in [-0.25, -0.2) is 4.79 Å². The molecule has 1 saturated heterocycles. The molecule has 8 nitrogen and oxygen atoms in total. The number of nitrogen functional groups attached to an aromatic ring is 1. The predicted molar refractivity (Wildman–Crippen MR) is 159 cm³/mol. The van der Waals surface area contributed by atoms with Crippen molar-refractivity contribution in [3.63, 3.8) is 0 Å². The van der Waals surface area contributed by atoms with Crippen molar-refractivity contribution in [2.24, 2.45) is 5.92 Å². The molecule has 0 aliphatic carbocycles. The highest BCUT2D eigenvalue weighted by atomic mass is 28.4. The van der Waals surface area contributed by atoms with Crippen molar-refractivity contribution in [3.8, 4) is 6.07 Å². The molecule has 38 heavy (non-hydrogen) atoms. The second-order valence-electron chi connectivity index (χ2n) is 12.0. The van der Waals surface area contributed by atoms with Crippen molar-refractivity contribution in [2.75, 3.05) is 12.3 Å². The minimum absolute atomic E-state index is 0.00906. The molecule has 1 aromatic heterocycles. The molecule has 1 fully saturated rings. The first-order valence-corrected chi connectivity index (χ1v) is 19.1. The molecule has 2 N–H and O–H groups in total. The van der Waals surface area contributed by atoms with Crippen LogP contribution in [-0.4, -0.2) is 45.0 Å². The predicted octanol–water partition coefficient (Wildman–Crippen LogP) is 6.62. The number of hydrogen-bond donors (Lipinski definition) is 1. The molecular formula is C28H52N4O4Si2. The molecule has 2 rings (SSSR count). The van der Waals surface area contributed by atoms with Gasteiger partial charge in [0.2, 0.25) is 0 Å². The Kier molecular flexibility index (Phi) is 11.0. The van der Waals surface area contributed by atoms with Crippen molar-refractivity contribution >= 4 is 22.5 Å². The minimum Gasteiger partial charge on any atom is -0.414 e. The van der Waals surface area contributed by atoms with Gasteiger partial charge < -0.3 is 19.3 Å². The molecule has 2 heterocycles. The van der Waals surface area contributed by atoms with Gasteiger partial charge in [0.05, 0.1) is 18.8 Å². The van der Waals surface area contributed by atoms with Gasteiger partial charge in [-0.3, -0.25) is 4.57 Å². The van der Waals surface area contributed by atoms with Crippen LogP contribution in [0.4, 0.5) is 5.82 Å². The lowest BCUT2D eigenvalue weighted by atomic mass is 10.0. The third-order valence-electron chi connectivity index (χ3n) is 10.0. The van der Waals surface area contributed by atoms with E-state index in [-0.39, 0.29) is 15.9 Å². The largest absolute Gasteiger partial charge is 0.414 e. The molecule has 10 heteroatoms. The van der Waals surface area contributed by atoms with Crippen LogP contribution in [0.1, 0.15) is 88.3 Å². The Morgan fingerprint density at radius 3 is 2.00 bits per heavy atom. The van der Waals surface area contributed by atoms with Gasteiger partial charge in [-0.1, -0.05) is 82.1 Å². The summed E-state index contributed by atoms with van der Waals surface area (Å²) in [6, 6.07) is 7.89. The lowest BCUT2D eigenvalue weighted by molar-refractivity contribution is -0.0435. The van der Waals surface area contributed by atoms with Crippen LogP contribution in [0, 0.1) is 17.2 Å². The van der Waals surface area contributed by atoms with E-state index in [1.807, 2.05) is 0 Å². The summed E-state index contributed by atoms with van der Waals surface area (Å²) in [6.45, 7) is 22.9. The Labute approximate surface area is 232 Å². The number of rotatable bonds is 14. The number of nitrogens with two attached hydrogens (primary N) is 1. The van der Waals surface area contributed by atoms with Crippen molar-refractivity contribution in [1.82, 2.24) is 9.55 Å². The van der Waals surface area contributed by atoms with Crippen molar-refractivity contribution in [3.05, 3.63) is 22.7 Å². The standard InChI is InChI=1S/C28H52N4O4Si2/c1-11-27(7,8)37(13-3,14-4)34-20-22-24(36-38(15-5,16-6)28(9,10)12-2)21(19-29)25(35-22)32-18-17-23(30)31-26(32)33/h17-18,21-22,24-25H,11-16,20H2,1-10H3,(H2,30,31,33)/t21-,22+,24-,25+/m0/s1. The maximum atomic E-state index is 12.8. The molecule has 1 aromatic rings. The third-order valence-corrected chi connectivity index (χ3v) is 21.7. The fraction of sp³-hybridized carbons (Fsp3) is 0.821. The van der Waals surface area contributed by atoms with Crippen LogP contribution in [0.25, 0.3) is 0 Å². The van der Waals surface area contributed by atoms with E-state index in [1.165, 1.54) is 4.57 Å². The number of nitriles is 1. The van der Waals surface area contributed by atoms with Crippen LogP contribution in [0.15, 0.2) is 17.1 Å². The minimum atomic E-state index is -2.32. The van der Waals surface area contributed by atoms with Crippen molar-refractivity contribution in [1.29, 1.82) is 5.26 Å². The van der Waals surface area contributed by atoms with Gasteiger partial charge in [-0.2, -0.15) is 10.2 Å². The molecule has 0 aromatic carbocycles. The lowest BCUT2D eigenvalue weighted by Gasteiger charge is -2.46. The molecule has 0 bridgehead atoms. The number of anilines is 1. The van der Waals surface area contributed by atoms with Crippen LogP contribution in [0.3, 0.4) is 0 Å². The van der Waals surface area contributed by atoms with Gasteiger partial charge in [0.15, 0.2) is 22.9 Å². The van der Waals surface area contributed by atoms with E-state index in [4.69, 9.17) is 19.3 Å². The molecule has 0 spiro atoms. The van der Waals surface area contributed by atoms with E-state index in [0.717, 1.165) is 37.0 Å². The third kappa shape index (κ3) is 5.97. The van der Waals surface area contributed by atoms with Gasteiger partial charge in [0, 0.05) is 6.20 Å². The molecule has 0 unspecified atom stereocenters. The van der Waals surface area contributed by atoms with Crippen LogP contribution in [0.2, 0.25) is 34.3 Å². The molecule has 1 aliphatic heterocycles. The first-order chi connectivity index (χ1) is 17.8. The lowest BCUT2D eigenvalue weighted by Crippen LogP contribution is -2.54. The molecule has 0 saturated carbocycles. The molecule has 216 valence electrons. The summed E-state index contributed by atoms with van der Waals surface area (Å²) in [6.07, 6.45) is 1.81. The number of aromatic nitrogens is 2. The normalized spacial score (nSPS) is 23.0. The average Bonchev–Trinajstić information content (AvgIpc) is 3.24. The van der Waals surface area contributed by atoms with E-state index < -0.39 is 46.7 Å². The van der Waals surface area contributed by atoms with Crippen LogP contribution in [0.5, 0.6) is 0 Å². The van der Waals surface area contributed by atoms with Crippen molar-refractivity contribution in [2.45, 2.75) is 135 Å². The fourth-order valence-electron chi connectivity index (χ4n) is 6.30. The molecule has 0 amide bonds.